The molecule has 2 aromatic rings. The Morgan fingerprint density at radius 1 is 1.10 bits per heavy atom. The molecule has 20 heavy (non-hydrogen) atoms. The van der Waals surface area contributed by atoms with Crippen molar-refractivity contribution in [2.75, 3.05) is 0 Å². The van der Waals surface area contributed by atoms with Gasteiger partial charge in [-0.05, 0) is 36.5 Å². The molecule has 0 fully saturated rings. The summed E-state index contributed by atoms with van der Waals surface area (Å²) in [6, 6.07) is 9.72. The largest absolute Gasteiger partial charge is 0.456 e. The monoisotopic (exact) mass is 271 g/mol. The summed E-state index contributed by atoms with van der Waals surface area (Å²) in [5, 5.41) is 0. The molecule has 0 aliphatic rings. The smallest absolute Gasteiger partial charge is 0.355 e. The molecule has 1 aromatic carbocycles. The lowest BCUT2D eigenvalue weighted by molar-refractivity contribution is 0.0465. The van der Waals surface area contributed by atoms with Gasteiger partial charge < -0.3 is 9.72 Å². The Morgan fingerprint density at radius 3 is 2.35 bits per heavy atom. The van der Waals surface area contributed by atoms with E-state index < -0.39 is 0 Å². The third-order valence-electron chi connectivity index (χ3n) is 3.56. The summed E-state index contributed by atoms with van der Waals surface area (Å²) >= 11 is 0. The summed E-state index contributed by atoms with van der Waals surface area (Å²) < 4.78 is 5.40. The fourth-order valence-corrected chi connectivity index (χ4v) is 2.55. The summed E-state index contributed by atoms with van der Waals surface area (Å²) in [4.78, 5) is 15.4. The summed E-state index contributed by atoms with van der Waals surface area (Å²) in [5.41, 5.74) is 4.99. The maximum absolute atomic E-state index is 12.2. The van der Waals surface area contributed by atoms with Crippen LogP contribution in [0.5, 0.6) is 0 Å². The number of rotatable bonds is 5. The number of hydrogen-bond donors (Lipinski definition) is 1. The number of carbonyl (C=O) groups is 1. The first kappa shape index (κ1) is 14.4. The van der Waals surface area contributed by atoms with Gasteiger partial charge in [0.15, 0.2) is 0 Å². The van der Waals surface area contributed by atoms with Crippen molar-refractivity contribution in [3.05, 3.63) is 58.4 Å². The molecule has 0 spiro atoms. The second-order valence-corrected chi connectivity index (χ2v) is 4.85. The lowest BCUT2D eigenvalue weighted by atomic mass is 10.0. The molecular weight excluding hydrogens is 250 g/mol. The highest BCUT2D eigenvalue weighted by Gasteiger charge is 2.19. The van der Waals surface area contributed by atoms with Gasteiger partial charge in [-0.2, -0.15) is 0 Å². The molecule has 3 nitrogen and oxygen atoms in total. The number of aryl methyl sites for hydroxylation is 1. The Labute approximate surface area is 120 Å². The van der Waals surface area contributed by atoms with E-state index in [2.05, 4.69) is 18.8 Å². The Kier molecular flexibility index (Phi) is 4.61. The number of hydrogen-bond acceptors (Lipinski definition) is 2. The zero-order chi connectivity index (χ0) is 14.5. The Morgan fingerprint density at radius 2 is 1.75 bits per heavy atom. The number of nitrogens with one attached hydrogen (secondary N) is 1. The summed E-state index contributed by atoms with van der Waals surface area (Å²) in [6.07, 6.45) is 1.76. The van der Waals surface area contributed by atoms with Gasteiger partial charge in [0, 0.05) is 5.69 Å². The molecule has 0 aliphatic carbocycles. The molecule has 2 rings (SSSR count). The van der Waals surface area contributed by atoms with Gasteiger partial charge in [-0.15, -0.1) is 0 Å². The molecule has 1 N–H and O–H groups in total. The van der Waals surface area contributed by atoms with Crippen LogP contribution in [0.25, 0.3) is 0 Å². The van der Waals surface area contributed by atoms with Gasteiger partial charge in [0.2, 0.25) is 0 Å². The standard InChI is InChI=1S/C17H21NO2/c1-4-14-12(3)18-16(15(14)5-2)17(19)20-11-13-9-7-6-8-10-13/h6-10,18H,4-5,11H2,1-3H3. The van der Waals surface area contributed by atoms with Crippen LogP contribution in [0.1, 0.15) is 46.7 Å². The minimum absolute atomic E-state index is 0.270. The molecule has 3 heteroatoms. The van der Waals surface area contributed by atoms with Crippen molar-refractivity contribution in [2.45, 2.75) is 40.2 Å². The molecule has 1 aromatic heterocycles. The Balaban J connectivity index is 2.13. The average molecular weight is 271 g/mol. The first-order valence-corrected chi connectivity index (χ1v) is 7.08. The van der Waals surface area contributed by atoms with Gasteiger partial charge in [0.05, 0.1) is 0 Å². The fourth-order valence-electron chi connectivity index (χ4n) is 2.55. The zero-order valence-corrected chi connectivity index (χ0v) is 12.3. The minimum Gasteiger partial charge on any atom is -0.456 e. The molecule has 0 unspecified atom stereocenters. The molecular formula is C17H21NO2. The molecule has 0 amide bonds. The quantitative estimate of drug-likeness (QED) is 0.840. The van der Waals surface area contributed by atoms with Crippen molar-refractivity contribution < 1.29 is 9.53 Å². The third-order valence-corrected chi connectivity index (χ3v) is 3.56. The van der Waals surface area contributed by atoms with Crippen LogP contribution in [0.4, 0.5) is 0 Å². The first-order valence-electron chi connectivity index (χ1n) is 7.08. The predicted molar refractivity (Wildman–Crippen MR) is 79.8 cm³/mol. The van der Waals surface area contributed by atoms with Gasteiger partial charge in [-0.1, -0.05) is 44.2 Å². The van der Waals surface area contributed by atoms with Crippen LogP contribution < -0.4 is 0 Å². The lowest BCUT2D eigenvalue weighted by Gasteiger charge is -2.06. The second kappa shape index (κ2) is 6.42. The van der Waals surface area contributed by atoms with Crippen molar-refractivity contribution in [2.24, 2.45) is 0 Å². The SMILES string of the molecule is CCc1c(C)[nH]c(C(=O)OCc2ccccc2)c1CC. The van der Waals surface area contributed by atoms with Crippen LogP contribution in [0, 0.1) is 6.92 Å². The van der Waals surface area contributed by atoms with Crippen molar-refractivity contribution in [1.29, 1.82) is 0 Å². The molecule has 0 aliphatic heterocycles. The van der Waals surface area contributed by atoms with E-state index in [1.807, 2.05) is 37.3 Å². The topological polar surface area (TPSA) is 42.1 Å². The highest BCUT2D eigenvalue weighted by molar-refractivity contribution is 5.90. The number of esters is 1. The number of aromatic amines is 1. The molecule has 0 bridgehead atoms. The highest BCUT2D eigenvalue weighted by atomic mass is 16.5. The van der Waals surface area contributed by atoms with Gasteiger partial charge in [0.25, 0.3) is 0 Å². The van der Waals surface area contributed by atoms with Crippen LogP contribution in [0.2, 0.25) is 0 Å². The van der Waals surface area contributed by atoms with E-state index in [0.717, 1.165) is 29.7 Å². The van der Waals surface area contributed by atoms with E-state index in [4.69, 9.17) is 4.74 Å². The Bertz CT molecular complexity index is 585. The maximum atomic E-state index is 12.2. The first-order chi connectivity index (χ1) is 9.67. The average Bonchev–Trinajstić information content (AvgIpc) is 2.81. The van der Waals surface area contributed by atoms with Gasteiger partial charge >= 0.3 is 5.97 Å². The zero-order valence-electron chi connectivity index (χ0n) is 12.3. The normalized spacial score (nSPS) is 10.6. The summed E-state index contributed by atoms with van der Waals surface area (Å²) in [5.74, 6) is -0.270. The minimum atomic E-state index is -0.270. The molecule has 0 saturated heterocycles. The van der Waals surface area contributed by atoms with Gasteiger partial charge in [0.1, 0.15) is 12.3 Å². The van der Waals surface area contributed by atoms with Crippen LogP contribution in [-0.4, -0.2) is 11.0 Å². The molecule has 106 valence electrons. The number of H-pyrrole nitrogens is 1. The van der Waals surface area contributed by atoms with E-state index >= 15 is 0 Å². The number of aromatic nitrogens is 1. The Hall–Kier alpha value is -2.03. The van der Waals surface area contributed by atoms with E-state index in [1.54, 1.807) is 0 Å². The summed E-state index contributed by atoms with van der Waals surface area (Å²) in [7, 11) is 0. The van der Waals surface area contributed by atoms with Crippen molar-refractivity contribution >= 4 is 5.97 Å². The van der Waals surface area contributed by atoms with E-state index in [1.165, 1.54) is 5.56 Å². The molecule has 0 atom stereocenters. The van der Waals surface area contributed by atoms with E-state index in [0.29, 0.717) is 12.3 Å². The summed E-state index contributed by atoms with van der Waals surface area (Å²) in [6.45, 7) is 6.48. The number of benzene rings is 1. The molecule has 0 saturated carbocycles. The van der Waals surface area contributed by atoms with Crippen molar-refractivity contribution in [3.8, 4) is 0 Å². The van der Waals surface area contributed by atoms with Crippen LogP contribution in [0.15, 0.2) is 30.3 Å². The fraction of sp³-hybridized carbons (Fsp3) is 0.353. The number of carbonyl (C=O) groups excluding carboxylic acids is 1. The second-order valence-electron chi connectivity index (χ2n) is 4.85. The predicted octanol–water partition coefficient (Wildman–Crippen LogP) is 3.80. The lowest BCUT2D eigenvalue weighted by Crippen LogP contribution is -2.08. The van der Waals surface area contributed by atoms with Crippen LogP contribution in [0.3, 0.4) is 0 Å². The molecule has 1 heterocycles. The maximum Gasteiger partial charge on any atom is 0.355 e. The van der Waals surface area contributed by atoms with Gasteiger partial charge in [-0.3, -0.25) is 0 Å². The van der Waals surface area contributed by atoms with E-state index in [-0.39, 0.29) is 5.97 Å². The van der Waals surface area contributed by atoms with Crippen LogP contribution in [-0.2, 0) is 24.2 Å². The molecule has 0 radical (unpaired) electrons. The van der Waals surface area contributed by atoms with Crippen LogP contribution >= 0.6 is 0 Å². The van der Waals surface area contributed by atoms with Crippen molar-refractivity contribution in [1.82, 2.24) is 4.98 Å². The van der Waals surface area contributed by atoms with Crippen molar-refractivity contribution in [3.63, 3.8) is 0 Å². The highest BCUT2D eigenvalue weighted by Crippen LogP contribution is 2.21. The van der Waals surface area contributed by atoms with Gasteiger partial charge in [-0.25, -0.2) is 4.79 Å². The third kappa shape index (κ3) is 2.93. The van der Waals surface area contributed by atoms with E-state index in [9.17, 15) is 4.79 Å². The number of ether oxygens (including phenoxy) is 1.